The molecule has 1 unspecified atom stereocenters. The average molecular weight is 434 g/mol. The molecule has 0 N–H and O–H groups in total. The maximum Gasteiger partial charge on any atom is 0.246 e. The van der Waals surface area contributed by atoms with Crippen LogP contribution in [-0.4, -0.2) is 48.5 Å². The van der Waals surface area contributed by atoms with Crippen LogP contribution in [0.4, 0.5) is 0 Å². The topological polar surface area (TPSA) is 65.8 Å². The van der Waals surface area contributed by atoms with Crippen molar-refractivity contribution in [1.29, 1.82) is 0 Å². The molecule has 1 atom stereocenters. The van der Waals surface area contributed by atoms with Crippen LogP contribution in [0.3, 0.4) is 0 Å². The molecule has 7 heteroatoms. The van der Waals surface area contributed by atoms with E-state index in [9.17, 15) is 4.79 Å². The number of nitrogens with zero attached hydrogens (tertiary/aromatic N) is 3. The highest BCUT2D eigenvalue weighted by atomic mass is 16.5. The summed E-state index contributed by atoms with van der Waals surface area (Å²) < 4.78 is 18.0. The van der Waals surface area contributed by atoms with Crippen LogP contribution in [0.15, 0.2) is 54.9 Å². The molecule has 7 nitrogen and oxygen atoms in total. The first-order valence-electron chi connectivity index (χ1n) is 10.4. The van der Waals surface area contributed by atoms with Gasteiger partial charge in [0.1, 0.15) is 0 Å². The molecule has 0 aliphatic carbocycles. The first-order valence-corrected chi connectivity index (χ1v) is 10.4. The fraction of sp³-hybridized carbons (Fsp3) is 0.280. The van der Waals surface area contributed by atoms with Gasteiger partial charge in [-0.15, -0.1) is 0 Å². The maximum atomic E-state index is 13.1. The van der Waals surface area contributed by atoms with Crippen LogP contribution in [0.1, 0.15) is 28.2 Å². The summed E-state index contributed by atoms with van der Waals surface area (Å²) in [5.74, 6) is 1.64. The Balaban J connectivity index is 1.59. The number of carbonyl (C=O) groups excluding carboxylic acids is 1. The Labute approximate surface area is 187 Å². The standard InChI is InChI=1S/C25H27N3O4/c1-27-14-19(13-26-27)21-16-28(15-18-7-5-6-8-20(18)21)24(29)10-9-17-11-22(30-2)25(32-4)23(12-17)31-3/h5-14,21H,15-16H2,1-4H3/b10-9+. The lowest BCUT2D eigenvalue weighted by Crippen LogP contribution is -2.37. The lowest BCUT2D eigenvalue weighted by Gasteiger charge is -2.34. The number of benzene rings is 2. The molecule has 0 spiro atoms. The van der Waals surface area contributed by atoms with Crippen molar-refractivity contribution in [2.24, 2.45) is 7.05 Å². The van der Waals surface area contributed by atoms with E-state index in [2.05, 4.69) is 17.2 Å². The van der Waals surface area contributed by atoms with Crippen molar-refractivity contribution >= 4 is 12.0 Å². The molecule has 2 heterocycles. The van der Waals surface area contributed by atoms with Crippen LogP contribution >= 0.6 is 0 Å². The van der Waals surface area contributed by atoms with Crippen molar-refractivity contribution in [2.45, 2.75) is 12.5 Å². The second-order valence-corrected chi connectivity index (χ2v) is 7.71. The van der Waals surface area contributed by atoms with E-state index in [4.69, 9.17) is 14.2 Å². The van der Waals surface area contributed by atoms with Gasteiger partial charge in [-0.3, -0.25) is 9.48 Å². The minimum Gasteiger partial charge on any atom is -0.493 e. The van der Waals surface area contributed by atoms with Gasteiger partial charge in [0.25, 0.3) is 0 Å². The Bertz CT molecular complexity index is 1130. The third-order valence-electron chi connectivity index (χ3n) is 5.74. The van der Waals surface area contributed by atoms with Crippen molar-refractivity contribution in [1.82, 2.24) is 14.7 Å². The molecular weight excluding hydrogens is 406 g/mol. The largest absolute Gasteiger partial charge is 0.493 e. The first kappa shape index (κ1) is 21.5. The summed E-state index contributed by atoms with van der Waals surface area (Å²) in [6.07, 6.45) is 7.25. The van der Waals surface area contributed by atoms with E-state index >= 15 is 0 Å². The van der Waals surface area contributed by atoms with Crippen LogP contribution in [0, 0.1) is 0 Å². The van der Waals surface area contributed by atoms with E-state index in [1.165, 1.54) is 5.56 Å². The molecule has 0 radical (unpaired) electrons. The lowest BCUT2D eigenvalue weighted by atomic mass is 9.86. The van der Waals surface area contributed by atoms with Gasteiger partial charge in [0.2, 0.25) is 11.7 Å². The molecule has 0 fully saturated rings. The molecule has 1 amide bonds. The maximum absolute atomic E-state index is 13.1. The van der Waals surface area contributed by atoms with Gasteiger partial charge in [-0.25, -0.2) is 0 Å². The molecule has 1 aliphatic heterocycles. The van der Waals surface area contributed by atoms with Gasteiger partial charge in [-0.2, -0.15) is 5.10 Å². The van der Waals surface area contributed by atoms with E-state index in [1.807, 2.05) is 48.6 Å². The average Bonchev–Trinajstić information content (AvgIpc) is 3.26. The number of rotatable bonds is 6. The van der Waals surface area contributed by atoms with Gasteiger partial charge in [0.15, 0.2) is 11.5 Å². The number of amides is 1. The third-order valence-corrected chi connectivity index (χ3v) is 5.74. The van der Waals surface area contributed by atoms with Gasteiger partial charge in [0, 0.05) is 38.3 Å². The van der Waals surface area contributed by atoms with Crippen LogP contribution in [0.5, 0.6) is 17.2 Å². The molecular formula is C25H27N3O4. The normalized spacial score (nSPS) is 15.5. The molecule has 4 rings (SSSR count). The second kappa shape index (κ2) is 9.18. The summed E-state index contributed by atoms with van der Waals surface area (Å²) in [5.41, 5.74) is 4.29. The van der Waals surface area contributed by atoms with Crippen LogP contribution in [-0.2, 0) is 18.4 Å². The third kappa shape index (κ3) is 4.19. The number of carbonyl (C=O) groups is 1. The van der Waals surface area contributed by atoms with Crippen molar-refractivity contribution in [2.75, 3.05) is 27.9 Å². The molecule has 0 bridgehead atoms. The molecule has 32 heavy (non-hydrogen) atoms. The molecule has 3 aromatic rings. The zero-order chi connectivity index (χ0) is 22.7. The van der Waals surface area contributed by atoms with Crippen molar-refractivity contribution in [3.05, 3.63) is 77.1 Å². The summed E-state index contributed by atoms with van der Waals surface area (Å²) in [6, 6.07) is 11.9. The smallest absolute Gasteiger partial charge is 0.246 e. The summed E-state index contributed by atoms with van der Waals surface area (Å²) in [6.45, 7) is 1.17. The van der Waals surface area contributed by atoms with Gasteiger partial charge >= 0.3 is 0 Å². The van der Waals surface area contributed by atoms with Crippen molar-refractivity contribution < 1.29 is 19.0 Å². The van der Waals surface area contributed by atoms with Crippen LogP contribution < -0.4 is 14.2 Å². The molecule has 0 saturated heterocycles. The Morgan fingerprint density at radius 3 is 2.44 bits per heavy atom. The zero-order valence-electron chi connectivity index (χ0n) is 18.7. The minimum absolute atomic E-state index is 0.0536. The highest BCUT2D eigenvalue weighted by Gasteiger charge is 2.29. The molecule has 2 aromatic carbocycles. The quantitative estimate of drug-likeness (QED) is 0.556. The Morgan fingerprint density at radius 2 is 1.81 bits per heavy atom. The summed E-state index contributed by atoms with van der Waals surface area (Å²) in [4.78, 5) is 15.0. The van der Waals surface area contributed by atoms with Gasteiger partial charge in [0.05, 0.1) is 27.5 Å². The number of hydrogen-bond donors (Lipinski definition) is 0. The fourth-order valence-electron chi connectivity index (χ4n) is 4.15. The van der Waals surface area contributed by atoms with Crippen molar-refractivity contribution in [3.8, 4) is 17.2 Å². The molecule has 1 aliphatic rings. The molecule has 1 aromatic heterocycles. The zero-order valence-corrected chi connectivity index (χ0v) is 18.7. The second-order valence-electron chi connectivity index (χ2n) is 7.71. The SMILES string of the molecule is COc1cc(/C=C/C(=O)N2Cc3ccccc3C(c3cnn(C)c3)C2)cc(OC)c1OC. The van der Waals surface area contributed by atoms with Gasteiger partial charge in [-0.1, -0.05) is 24.3 Å². The van der Waals surface area contributed by atoms with E-state index in [0.29, 0.717) is 30.3 Å². The molecule has 166 valence electrons. The molecule has 0 saturated carbocycles. The lowest BCUT2D eigenvalue weighted by molar-refractivity contribution is -0.127. The summed E-state index contributed by atoms with van der Waals surface area (Å²) in [7, 11) is 6.60. The minimum atomic E-state index is -0.0536. The Morgan fingerprint density at radius 1 is 1.09 bits per heavy atom. The van der Waals surface area contributed by atoms with Crippen LogP contribution in [0.2, 0.25) is 0 Å². The Hall–Kier alpha value is -3.74. The number of methoxy groups -OCH3 is 3. The highest BCUT2D eigenvalue weighted by Crippen LogP contribution is 2.38. The summed E-state index contributed by atoms with van der Waals surface area (Å²) in [5, 5.41) is 4.32. The number of fused-ring (bicyclic) bond motifs is 1. The summed E-state index contributed by atoms with van der Waals surface area (Å²) >= 11 is 0. The van der Waals surface area contributed by atoms with E-state index in [1.54, 1.807) is 38.2 Å². The number of aryl methyl sites for hydroxylation is 1. The van der Waals surface area contributed by atoms with Crippen molar-refractivity contribution in [3.63, 3.8) is 0 Å². The Kier molecular flexibility index (Phi) is 6.16. The van der Waals surface area contributed by atoms with Gasteiger partial charge < -0.3 is 19.1 Å². The first-order chi connectivity index (χ1) is 15.5. The number of ether oxygens (including phenoxy) is 3. The van der Waals surface area contributed by atoms with E-state index in [0.717, 1.165) is 16.7 Å². The monoisotopic (exact) mass is 433 g/mol. The highest BCUT2D eigenvalue weighted by molar-refractivity contribution is 5.92. The van der Waals surface area contributed by atoms with Crippen LogP contribution in [0.25, 0.3) is 6.08 Å². The number of hydrogen-bond acceptors (Lipinski definition) is 5. The van der Waals surface area contributed by atoms with E-state index in [-0.39, 0.29) is 11.8 Å². The predicted molar refractivity (Wildman–Crippen MR) is 122 cm³/mol. The fourth-order valence-corrected chi connectivity index (χ4v) is 4.15. The van der Waals surface area contributed by atoms with E-state index < -0.39 is 0 Å². The predicted octanol–water partition coefficient (Wildman–Crippen LogP) is 3.63. The number of aromatic nitrogens is 2. The van der Waals surface area contributed by atoms with Gasteiger partial charge in [-0.05, 0) is 40.5 Å².